The molecule has 3 N–H and O–H groups in total. The van der Waals surface area contributed by atoms with E-state index in [1.807, 2.05) is 12.2 Å². The van der Waals surface area contributed by atoms with Crippen molar-refractivity contribution in [3.05, 3.63) is 60.8 Å². The van der Waals surface area contributed by atoms with Gasteiger partial charge in [0.25, 0.3) is 0 Å². The minimum atomic E-state index is -0.863. The van der Waals surface area contributed by atoms with Crippen molar-refractivity contribution in [2.45, 2.75) is 90.2 Å². The molecule has 0 saturated heterocycles. The Kier molecular flexibility index (Phi) is 20.4. The summed E-state index contributed by atoms with van der Waals surface area (Å²) in [5, 5.41) is 22.3. The number of aliphatic hydroxyl groups is 2. The van der Waals surface area contributed by atoms with Gasteiger partial charge in [0.2, 0.25) is 5.91 Å². The number of carbonyl (C=O) groups excluding carboxylic acids is 1. The standard InChI is InChI=1S/C26H43NO3/c1-3-5-7-9-10-11-12-13-14-15-16-18-20-22-26(30)27-24(23-28)25(29)21-19-17-8-6-4-2/h5,7,10-11,13-14,16,18-19,21,24-25,28-29H,3-4,6,8-9,12,15,17,20,22-23H2,1-2H3,(H,27,30)/b7-5-,11-10-,14-13-,18-16-,21-19+. The van der Waals surface area contributed by atoms with Gasteiger partial charge in [-0.2, -0.15) is 0 Å². The van der Waals surface area contributed by atoms with Crippen molar-refractivity contribution in [1.29, 1.82) is 0 Å². The summed E-state index contributed by atoms with van der Waals surface area (Å²) >= 11 is 0. The third kappa shape index (κ3) is 18.1. The second-order valence-electron chi connectivity index (χ2n) is 7.31. The average molecular weight is 418 g/mol. The number of rotatable bonds is 18. The van der Waals surface area contributed by atoms with Gasteiger partial charge in [-0.1, -0.05) is 87.4 Å². The molecular weight excluding hydrogens is 374 g/mol. The first-order valence-electron chi connectivity index (χ1n) is 11.5. The van der Waals surface area contributed by atoms with Crippen molar-refractivity contribution in [1.82, 2.24) is 5.32 Å². The van der Waals surface area contributed by atoms with Gasteiger partial charge in [0.15, 0.2) is 0 Å². The highest BCUT2D eigenvalue weighted by Gasteiger charge is 2.17. The summed E-state index contributed by atoms with van der Waals surface area (Å²) in [7, 11) is 0. The number of nitrogens with one attached hydrogen (secondary N) is 1. The third-order valence-corrected chi connectivity index (χ3v) is 4.52. The van der Waals surface area contributed by atoms with E-state index in [9.17, 15) is 15.0 Å². The molecule has 0 bridgehead atoms. The van der Waals surface area contributed by atoms with Crippen LogP contribution < -0.4 is 5.32 Å². The van der Waals surface area contributed by atoms with E-state index in [1.54, 1.807) is 6.08 Å². The molecule has 0 fully saturated rings. The highest BCUT2D eigenvalue weighted by atomic mass is 16.3. The van der Waals surface area contributed by atoms with Crippen LogP contribution in [0.4, 0.5) is 0 Å². The quantitative estimate of drug-likeness (QED) is 0.202. The number of hydrogen-bond donors (Lipinski definition) is 3. The maximum atomic E-state index is 12.0. The second-order valence-corrected chi connectivity index (χ2v) is 7.31. The predicted molar refractivity (Wildman–Crippen MR) is 128 cm³/mol. The average Bonchev–Trinajstić information content (AvgIpc) is 2.75. The molecule has 30 heavy (non-hydrogen) atoms. The molecule has 0 rings (SSSR count). The van der Waals surface area contributed by atoms with Gasteiger partial charge in [-0.05, 0) is 44.9 Å². The number of hydrogen-bond acceptors (Lipinski definition) is 3. The molecule has 0 spiro atoms. The third-order valence-electron chi connectivity index (χ3n) is 4.52. The molecule has 0 saturated carbocycles. The van der Waals surface area contributed by atoms with E-state index in [2.05, 4.69) is 61.7 Å². The van der Waals surface area contributed by atoms with Crippen LogP contribution in [0.3, 0.4) is 0 Å². The monoisotopic (exact) mass is 417 g/mol. The summed E-state index contributed by atoms with van der Waals surface area (Å²) in [5.41, 5.74) is 0. The van der Waals surface area contributed by atoms with E-state index in [-0.39, 0.29) is 12.5 Å². The summed E-state index contributed by atoms with van der Waals surface area (Å²) in [6, 6.07) is -0.655. The fourth-order valence-corrected chi connectivity index (χ4v) is 2.71. The first kappa shape index (κ1) is 28.1. The van der Waals surface area contributed by atoms with Crippen LogP contribution in [-0.4, -0.2) is 34.9 Å². The van der Waals surface area contributed by atoms with Crippen LogP contribution in [0.5, 0.6) is 0 Å². The molecule has 0 aromatic heterocycles. The summed E-state index contributed by atoms with van der Waals surface area (Å²) < 4.78 is 0. The Morgan fingerprint density at radius 3 is 2.00 bits per heavy atom. The molecule has 0 radical (unpaired) electrons. The molecule has 0 aromatic rings. The van der Waals surface area contributed by atoms with Gasteiger partial charge < -0.3 is 15.5 Å². The van der Waals surface area contributed by atoms with Gasteiger partial charge in [0.1, 0.15) is 0 Å². The largest absolute Gasteiger partial charge is 0.394 e. The predicted octanol–water partition coefficient (Wildman–Crippen LogP) is 5.55. The van der Waals surface area contributed by atoms with Gasteiger partial charge in [-0.3, -0.25) is 4.79 Å². The SMILES string of the molecule is CC/C=C\C/C=C\C/C=C\C/C=C\CCC(=O)NC(CO)C(O)/C=C/CCCCC. The Bertz CT molecular complexity index is 546. The first-order valence-corrected chi connectivity index (χ1v) is 11.5. The Labute approximate surface area is 184 Å². The maximum absolute atomic E-state index is 12.0. The Balaban J connectivity index is 3.94. The molecule has 4 nitrogen and oxygen atoms in total. The Hall–Kier alpha value is -1.91. The number of aliphatic hydroxyl groups excluding tert-OH is 2. The van der Waals surface area contributed by atoms with Crippen LogP contribution in [0.15, 0.2) is 60.8 Å². The fraction of sp³-hybridized carbons (Fsp3) is 0.577. The molecule has 4 heteroatoms. The highest BCUT2D eigenvalue weighted by molar-refractivity contribution is 5.76. The highest BCUT2D eigenvalue weighted by Crippen LogP contribution is 2.03. The summed E-state index contributed by atoms with van der Waals surface area (Å²) in [4.78, 5) is 12.0. The van der Waals surface area contributed by atoms with E-state index in [0.29, 0.717) is 12.8 Å². The molecule has 0 aliphatic carbocycles. The lowest BCUT2D eigenvalue weighted by molar-refractivity contribution is -0.122. The van der Waals surface area contributed by atoms with Crippen molar-refractivity contribution in [3.63, 3.8) is 0 Å². The van der Waals surface area contributed by atoms with Gasteiger partial charge in [0.05, 0.1) is 18.8 Å². The number of carbonyl (C=O) groups is 1. The lowest BCUT2D eigenvalue weighted by atomic mass is 10.1. The van der Waals surface area contributed by atoms with E-state index >= 15 is 0 Å². The normalized spacial score (nSPS) is 14.7. The van der Waals surface area contributed by atoms with Crippen molar-refractivity contribution < 1.29 is 15.0 Å². The lowest BCUT2D eigenvalue weighted by Gasteiger charge is -2.19. The van der Waals surface area contributed by atoms with E-state index in [1.165, 1.54) is 0 Å². The number of unbranched alkanes of at least 4 members (excludes halogenated alkanes) is 3. The molecule has 0 aliphatic rings. The number of amides is 1. The van der Waals surface area contributed by atoms with Gasteiger partial charge >= 0.3 is 0 Å². The molecule has 0 heterocycles. The second kappa shape index (κ2) is 21.8. The fourth-order valence-electron chi connectivity index (χ4n) is 2.71. The van der Waals surface area contributed by atoms with Crippen LogP contribution >= 0.6 is 0 Å². The van der Waals surface area contributed by atoms with Crippen LogP contribution in [0.1, 0.15) is 78.1 Å². The maximum Gasteiger partial charge on any atom is 0.220 e. The first-order chi connectivity index (χ1) is 14.7. The van der Waals surface area contributed by atoms with E-state index in [4.69, 9.17) is 0 Å². The van der Waals surface area contributed by atoms with Crippen LogP contribution in [-0.2, 0) is 4.79 Å². The van der Waals surface area contributed by atoms with Crippen molar-refractivity contribution in [3.8, 4) is 0 Å². The summed E-state index contributed by atoms with van der Waals surface area (Å²) in [5.74, 6) is -0.157. The van der Waals surface area contributed by atoms with Gasteiger partial charge in [-0.15, -0.1) is 0 Å². The topological polar surface area (TPSA) is 69.6 Å². The zero-order chi connectivity index (χ0) is 22.3. The lowest BCUT2D eigenvalue weighted by Crippen LogP contribution is -2.45. The van der Waals surface area contributed by atoms with Gasteiger partial charge in [0, 0.05) is 6.42 Å². The molecular formula is C26H43NO3. The Morgan fingerprint density at radius 1 is 0.833 bits per heavy atom. The van der Waals surface area contributed by atoms with Crippen molar-refractivity contribution in [2.75, 3.05) is 6.61 Å². The molecule has 2 atom stereocenters. The molecule has 2 unspecified atom stereocenters. The zero-order valence-corrected chi connectivity index (χ0v) is 19.0. The van der Waals surface area contributed by atoms with Crippen LogP contribution in [0, 0.1) is 0 Å². The zero-order valence-electron chi connectivity index (χ0n) is 19.0. The van der Waals surface area contributed by atoms with Crippen molar-refractivity contribution in [2.24, 2.45) is 0 Å². The number of allylic oxidation sites excluding steroid dienone is 9. The molecule has 1 amide bonds. The van der Waals surface area contributed by atoms with Crippen LogP contribution in [0.25, 0.3) is 0 Å². The van der Waals surface area contributed by atoms with E-state index in [0.717, 1.165) is 51.4 Å². The van der Waals surface area contributed by atoms with Crippen LogP contribution in [0.2, 0.25) is 0 Å². The van der Waals surface area contributed by atoms with Gasteiger partial charge in [-0.25, -0.2) is 0 Å². The minimum Gasteiger partial charge on any atom is -0.394 e. The Morgan fingerprint density at radius 2 is 1.43 bits per heavy atom. The summed E-state index contributed by atoms with van der Waals surface area (Å²) in [6.45, 7) is 4.00. The molecule has 0 aliphatic heterocycles. The summed E-state index contributed by atoms with van der Waals surface area (Å²) in [6.07, 6.45) is 28.9. The van der Waals surface area contributed by atoms with Crippen molar-refractivity contribution >= 4 is 5.91 Å². The molecule has 170 valence electrons. The van der Waals surface area contributed by atoms with E-state index < -0.39 is 12.1 Å². The molecule has 0 aromatic carbocycles. The smallest absolute Gasteiger partial charge is 0.220 e. The minimum absolute atomic E-state index is 0.157.